The van der Waals surface area contributed by atoms with Gasteiger partial charge >= 0.3 is 0 Å². The van der Waals surface area contributed by atoms with Crippen LogP contribution in [-0.4, -0.2) is 23.7 Å². The van der Waals surface area contributed by atoms with Gasteiger partial charge in [0.2, 0.25) is 0 Å². The molecule has 0 fully saturated rings. The predicted molar refractivity (Wildman–Crippen MR) is 112 cm³/mol. The first-order valence-electron chi connectivity index (χ1n) is 8.57. The lowest BCUT2D eigenvalue weighted by Crippen LogP contribution is -2.20. The lowest BCUT2D eigenvalue weighted by molar-refractivity contribution is -0.384. The molecule has 0 atom stereocenters. The lowest BCUT2D eigenvalue weighted by Gasteiger charge is -2.10. The van der Waals surface area contributed by atoms with Crippen LogP contribution in [-0.2, 0) is 4.79 Å². The van der Waals surface area contributed by atoms with Crippen molar-refractivity contribution in [1.82, 2.24) is 0 Å². The third-order valence-electron chi connectivity index (χ3n) is 3.80. The molecule has 3 aromatic carbocycles. The van der Waals surface area contributed by atoms with E-state index >= 15 is 0 Å². The molecule has 0 aliphatic carbocycles. The monoisotopic (exact) mass is 409 g/mol. The highest BCUT2D eigenvalue weighted by Crippen LogP contribution is 2.23. The number of hydrogen-bond donors (Lipinski definition) is 1. The van der Waals surface area contributed by atoms with Gasteiger partial charge in [0.15, 0.2) is 6.61 Å². The Labute approximate surface area is 171 Å². The summed E-state index contributed by atoms with van der Waals surface area (Å²) in [6.07, 6.45) is 1.53. The molecular formula is C21H16ClN3O4. The SMILES string of the molecule is O=C(COc1ccc(Cl)cc1C=Nc1ccc([N+](=O)[O-])cc1)Nc1ccccc1. The van der Waals surface area contributed by atoms with E-state index in [1.165, 1.54) is 30.5 Å². The average Bonchev–Trinajstić information content (AvgIpc) is 2.72. The van der Waals surface area contributed by atoms with Crippen molar-refractivity contribution in [3.05, 3.63) is 93.5 Å². The Bertz CT molecular complexity index is 1040. The number of anilines is 1. The van der Waals surface area contributed by atoms with Crippen LogP contribution in [0.2, 0.25) is 5.02 Å². The van der Waals surface area contributed by atoms with Crippen molar-refractivity contribution in [2.45, 2.75) is 0 Å². The van der Waals surface area contributed by atoms with Crippen molar-refractivity contribution < 1.29 is 14.5 Å². The van der Waals surface area contributed by atoms with Crippen LogP contribution >= 0.6 is 11.6 Å². The number of halogens is 1. The largest absolute Gasteiger partial charge is 0.483 e. The second-order valence-electron chi connectivity index (χ2n) is 5.92. The Morgan fingerprint density at radius 1 is 1.10 bits per heavy atom. The molecule has 0 aliphatic rings. The number of nitrogens with zero attached hydrogens (tertiary/aromatic N) is 2. The van der Waals surface area contributed by atoms with Gasteiger partial charge in [-0.05, 0) is 42.5 Å². The first-order valence-corrected chi connectivity index (χ1v) is 8.95. The van der Waals surface area contributed by atoms with E-state index in [1.807, 2.05) is 18.2 Å². The van der Waals surface area contributed by atoms with Crippen molar-refractivity contribution in [2.24, 2.45) is 4.99 Å². The standard InChI is InChI=1S/C21H16ClN3O4/c22-16-6-11-20(29-14-21(26)24-18-4-2-1-3-5-18)15(12-16)13-23-17-7-9-19(10-8-17)25(27)28/h1-13H,14H2,(H,24,26). The van der Waals surface area contributed by atoms with Crippen LogP contribution in [0.4, 0.5) is 17.1 Å². The van der Waals surface area contributed by atoms with E-state index in [4.69, 9.17) is 16.3 Å². The number of nitro benzene ring substituents is 1. The predicted octanol–water partition coefficient (Wildman–Crippen LogP) is 5.02. The summed E-state index contributed by atoms with van der Waals surface area (Å²) >= 11 is 6.05. The van der Waals surface area contributed by atoms with E-state index in [0.29, 0.717) is 27.7 Å². The fraction of sp³-hybridized carbons (Fsp3) is 0.0476. The minimum absolute atomic E-state index is 0.0137. The smallest absolute Gasteiger partial charge is 0.269 e. The Balaban J connectivity index is 1.68. The third kappa shape index (κ3) is 5.88. The summed E-state index contributed by atoms with van der Waals surface area (Å²) in [7, 11) is 0. The average molecular weight is 410 g/mol. The van der Waals surface area contributed by atoms with Crippen LogP contribution in [0.15, 0.2) is 77.8 Å². The molecule has 3 rings (SSSR count). The molecule has 1 amide bonds. The van der Waals surface area contributed by atoms with Gasteiger partial charge < -0.3 is 10.1 Å². The zero-order valence-electron chi connectivity index (χ0n) is 15.1. The molecule has 146 valence electrons. The number of para-hydroxylation sites is 1. The maximum atomic E-state index is 12.1. The van der Waals surface area contributed by atoms with Gasteiger partial charge in [0.1, 0.15) is 5.75 Å². The van der Waals surface area contributed by atoms with Gasteiger partial charge in [-0.25, -0.2) is 0 Å². The molecule has 1 N–H and O–H groups in total. The molecule has 0 saturated heterocycles. The Morgan fingerprint density at radius 2 is 1.83 bits per heavy atom. The van der Waals surface area contributed by atoms with Crippen LogP contribution in [0.25, 0.3) is 0 Å². The van der Waals surface area contributed by atoms with E-state index in [0.717, 1.165) is 0 Å². The number of aliphatic imine (C=N–C) groups is 1. The first kappa shape index (κ1) is 20.0. The maximum absolute atomic E-state index is 12.1. The van der Waals surface area contributed by atoms with Gasteiger partial charge in [-0.2, -0.15) is 0 Å². The molecule has 3 aromatic rings. The fourth-order valence-corrected chi connectivity index (χ4v) is 2.60. The van der Waals surface area contributed by atoms with Gasteiger partial charge in [-0.1, -0.05) is 29.8 Å². The molecule has 7 nitrogen and oxygen atoms in total. The van der Waals surface area contributed by atoms with E-state index in [2.05, 4.69) is 10.3 Å². The van der Waals surface area contributed by atoms with Crippen LogP contribution < -0.4 is 10.1 Å². The van der Waals surface area contributed by atoms with Crippen LogP contribution in [0.3, 0.4) is 0 Å². The zero-order chi connectivity index (χ0) is 20.6. The molecule has 0 aromatic heterocycles. The summed E-state index contributed by atoms with van der Waals surface area (Å²) in [5.41, 5.74) is 1.77. The number of amides is 1. The topological polar surface area (TPSA) is 93.8 Å². The number of ether oxygens (including phenoxy) is 1. The number of nitro groups is 1. The Morgan fingerprint density at radius 3 is 2.52 bits per heavy atom. The fourth-order valence-electron chi connectivity index (χ4n) is 2.42. The number of carbonyl (C=O) groups excluding carboxylic acids is 1. The normalized spacial score (nSPS) is 10.7. The molecular weight excluding hydrogens is 394 g/mol. The highest BCUT2D eigenvalue weighted by Gasteiger charge is 2.08. The quantitative estimate of drug-likeness (QED) is 0.337. The molecule has 0 bridgehead atoms. The number of rotatable bonds is 7. The van der Waals surface area contributed by atoms with Gasteiger partial charge in [0.25, 0.3) is 11.6 Å². The van der Waals surface area contributed by atoms with Crippen LogP contribution in [0.5, 0.6) is 5.75 Å². The number of benzene rings is 3. The highest BCUT2D eigenvalue weighted by molar-refractivity contribution is 6.30. The summed E-state index contributed by atoms with van der Waals surface area (Å²) in [4.78, 5) is 26.6. The number of non-ortho nitro benzene ring substituents is 1. The highest BCUT2D eigenvalue weighted by atomic mass is 35.5. The van der Waals surface area contributed by atoms with Crippen molar-refractivity contribution in [2.75, 3.05) is 11.9 Å². The molecule has 29 heavy (non-hydrogen) atoms. The molecule has 0 spiro atoms. The zero-order valence-corrected chi connectivity index (χ0v) is 15.9. The summed E-state index contributed by atoms with van der Waals surface area (Å²) < 4.78 is 5.61. The minimum Gasteiger partial charge on any atom is -0.483 e. The van der Waals surface area contributed by atoms with Crippen molar-refractivity contribution in [3.63, 3.8) is 0 Å². The van der Waals surface area contributed by atoms with Gasteiger partial charge in [-0.15, -0.1) is 0 Å². The second-order valence-corrected chi connectivity index (χ2v) is 6.35. The first-order chi connectivity index (χ1) is 14.0. The maximum Gasteiger partial charge on any atom is 0.269 e. The molecule has 0 unspecified atom stereocenters. The van der Waals surface area contributed by atoms with E-state index in [-0.39, 0.29) is 18.2 Å². The summed E-state index contributed by atoms with van der Waals surface area (Å²) in [6, 6.07) is 19.8. The summed E-state index contributed by atoms with van der Waals surface area (Å²) in [5.74, 6) is 0.132. The number of nitrogens with one attached hydrogen (secondary N) is 1. The van der Waals surface area contributed by atoms with Crippen molar-refractivity contribution in [1.29, 1.82) is 0 Å². The van der Waals surface area contributed by atoms with Crippen LogP contribution in [0.1, 0.15) is 5.56 Å². The van der Waals surface area contributed by atoms with E-state index in [9.17, 15) is 14.9 Å². The van der Waals surface area contributed by atoms with Gasteiger partial charge in [-0.3, -0.25) is 19.9 Å². The minimum atomic E-state index is -0.475. The summed E-state index contributed by atoms with van der Waals surface area (Å²) in [5, 5.41) is 13.9. The Kier molecular flexibility index (Phi) is 6.55. The molecule has 8 heteroatoms. The van der Waals surface area contributed by atoms with Crippen molar-refractivity contribution in [3.8, 4) is 5.75 Å². The number of carbonyl (C=O) groups is 1. The third-order valence-corrected chi connectivity index (χ3v) is 4.04. The molecule has 0 saturated carbocycles. The van der Waals surface area contributed by atoms with Crippen molar-refractivity contribution >= 4 is 40.8 Å². The molecule has 0 aliphatic heterocycles. The molecule has 0 heterocycles. The Hall–Kier alpha value is -3.71. The molecule has 0 radical (unpaired) electrons. The summed E-state index contributed by atoms with van der Waals surface area (Å²) in [6.45, 7) is -0.186. The second kappa shape index (κ2) is 9.48. The number of hydrogen-bond acceptors (Lipinski definition) is 5. The lowest BCUT2D eigenvalue weighted by atomic mass is 10.2. The van der Waals surface area contributed by atoms with Crippen LogP contribution in [0, 0.1) is 10.1 Å². The van der Waals surface area contributed by atoms with E-state index < -0.39 is 4.92 Å². The van der Waals surface area contributed by atoms with E-state index in [1.54, 1.807) is 30.3 Å². The van der Waals surface area contributed by atoms with Gasteiger partial charge in [0, 0.05) is 34.6 Å². The van der Waals surface area contributed by atoms with Gasteiger partial charge in [0.05, 0.1) is 10.6 Å².